The van der Waals surface area contributed by atoms with E-state index in [9.17, 15) is 9.59 Å². The molecule has 1 unspecified atom stereocenters. The van der Waals surface area contributed by atoms with Crippen molar-refractivity contribution in [3.63, 3.8) is 0 Å². The SMILES string of the molecule is CC/C=C\C/C=C\C/C=C\C/C=C\CCC(=O)OC(COCCCCCC/C=C\C/C=C\C/C=C\CC)COC(=O)CCCCCCC/C=C\C/C=C\CCCCC. The number of allylic oxidation sites excluding steroid dienone is 18. The Bertz CT molecular complexity index is 1180. The first-order valence-electron chi connectivity index (χ1n) is 23.4. The molecule has 0 fully saturated rings. The van der Waals surface area contributed by atoms with Gasteiger partial charge in [0.2, 0.25) is 0 Å². The smallest absolute Gasteiger partial charge is 0.306 e. The van der Waals surface area contributed by atoms with Crippen LogP contribution in [0, 0.1) is 0 Å². The monoisotopic (exact) mass is 803 g/mol. The zero-order chi connectivity index (χ0) is 42.1. The fourth-order valence-corrected chi connectivity index (χ4v) is 5.86. The normalized spacial score (nSPS) is 13.2. The van der Waals surface area contributed by atoms with Crippen molar-refractivity contribution in [1.29, 1.82) is 0 Å². The Morgan fingerprint density at radius 1 is 0.397 bits per heavy atom. The molecule has 58 heavy (non-hydrogen) atoms. The number of ether oxygens (including phenoxy) is 3. The highest BCUT2D eigenvalue weighted by molar-refractivity contribution is 5.70. The molecule has 5 heteroatoms. The van der Waals surface area contributed by atoms with Gasteiger partial charge in [-0.05, 0) is 109 Å². The largest absolute Gasteiger partial charge is 0.462 e. The van der Waals surface area contributed by atoms with E-state index in [1.165, 1.54) is 44.9 Å². The first-order chi connectivity index (χ1) is 28.6. The third-order valence-corrected chi connectivity index (χ3v) is 9.29. The fourth-order valence-electron chi connectivity index (χ4n) is 5.86. The van der Waals surface area contributed by atoms with Crippen molar-refractivity contribution in [1.82, 2.24) is 0 Å². The van der Waals surface area contributed by atoms with E-state index in [0.29, 0.717) is 19.4 Å². The topological polar surface area (TPSA) is 61.8 Å². The highest BCUT2D eigenvalue weighted by Gasteiger charge is 2.17. The quantitative estimate of drug-likeness (QED) is 0.0350. The van der Waals surface area contributed by atoms with E-state index in [4.69, 9.17) is 14.2 Å². The highest BCUT2D eigenvalue weighted by atomic mass is 16.6. The Kier molecular flexibility index (Phi) is 45.1. The highest BCUT2D eigenvalue weighted by Crippen LogP contribution is 2.11. The van der Waals surface area contributed by atoms with E-state index in [-0.39, 0.29) is 31.6 Å². The number of unbranched alkanes of at least 4 members (excludes halogenated alkanes) is 12. The molecule has 0 N–H and O–H groups in total. The number of carbonyl (C=O) groups excluding carboxylic acids is 2. The van der Waals surface area contributed by atoms with Gasteiger partial charge in [-0.1, -0.05) is 175 Å². The number of hydrogen-bond donors (Lipinski definition) is 0. The summed E-state index contributed by atoms with van der Waals surface area (Å²) in [6, 6.07) is 0. The van der Waals surface area contributed by atoms with Crippen LogP contribution in [0.2, 0.25) is 0 Å². The predicted molar refractivity (Wildman–Crippen MR) is 251 cm³/mol. The van der Waals surface area contributed by atoms with Gasteiger partial charge in [-0.3, -0.25) is 9.59 Å². The molecule has 0 aliphatic carbocycles. The van der Waals surface area contributed by atoms with Crippen molar-refractivity contribution < 1.29 is 23.8 Å². The molecule has 5 nitrogen and oxygen atoms in total. The Morgan fingerprint density at radius 2 is 0.810 bits per heavy atom. The van der Waals surface area contributed by atoms with Gasteiger partial charge in [-0.2, -0.15) is 0 Å². The second-order valence-electron chi connectivity index (χ2n) is 14.9. The van der Waals surface area contributed by atoms with Gasteiger partial charge in [0, 0.05) is 19.4 Å². The van der Waals surface area contributed by atoms with E-state index in [2.05, 4.69) is 124 Å². The van der Waals surface area contributed by atoms with Gasteiger partial charge < -0.3 is 14.2 Å². The zero-order valence-corrected chi connectivity index (χ0v) is 37.5. The molecule has 0 rings (SSSR count). The Hall–Kier alpha value is -3.44. The first-order valence-corrected chi connectivity index (χ1v) is 23.4. The minimum Gasteiger partial charge on any atom is -0.462 e. The molecule has 0 aromatic carbocycles. The van der Waals surface area contributed by atoms with Gasteiger partial charge in [0.1, 0.15) is 6.61 Å². The Labute approximate surface area is 357 Å². The molecular formula is C53H86O5. The molecule has 328 valence electrons. The molecule has 0 aliphatic rings. The summed E-state index contributed by atoms with van der Waals surface area (Å²) < 4.78 is 17.2. The Morgan fingerprint density at radius 3 is 1.31 bits per heavy atom. The van der Waals surface area contributed by atoms with Crippen LogP contribution >= 0.6 is 0 Å². The second-order valence-corrected chi connectivity index (χ2v) is 14.9. The van der Waals surface area contributed by atoms with Crippen molar-refractivity contribution in [3.05, 3.63) is 109 Å². The van der Waals surface area contributed by atoms with Crippen LogP contribution in [0.4, 0.5) is 0 Å². The van der Waals surface area contributed by atoms with Gasteiger partial charge in [0.05, 0.1) is 6.61 Å². The summed E-state index contributed by atoms with van der Waals surface area (Å²) in [5.74, 6) is -0.529. The van der Waals surface area contributed by atoms with Gasteiger partial charge in [-0.15, -0.1) is 0 Å². The molecule has 0 radical (unpaired) electrons. The number of carbonyl (C=O) groups is 2. The van der Waals surface area contributed by atoms with E-state index in [1.54, 1.807) is 0 Å². The van der Waals surface area contributed by atoms with Crippen molar-refractivity contribution in [3.8, 4) is 0 Å². The average Bonchev–Trinajstić information content (AvgIpc) is 3.22. The molecule has 0 heterocycles. The van der Waals surface area contributed by atoms with Crippen LogP contribution in [0.25, 0.3) is 0 Å². The van der Waals surface area contributed by atoms with Crippen LogP contribution in [-0.2, 0) is 23.8 Å². The van der Waals surface area contributed by atoms with E-state index < -0.39 is 6.10 Å². The van der Waals surface area contributed by atoms with Gasteiger partial charge in [-0.25, -0.2) is 0 Å². The van der Waals surface area contributed by atoms with Gasteiger partial charge in [0.25, 0.3) is 0 Å². The van der Waals surface area contributed by atoms with Crippen LogP contribution in [0.3, 0.4) is 0 Å². The number of hydrogen-bond acceptors (Lipinski definition) is 5. The van der Waals surface area contributed by atoms with Crippen LogP contribution in [0.5, 0.6) is 0 Å². The van der Waals surface area contributed by atoms with Crippen molar-refractivity contribution >= 4 is 11.9 Å². The molecule has 0 saturated carbocycles. The molecule has 0 aromatic rings. The number of esters is 2. The molecule has 0 aromatic heterocycles. The maximum absolute atomic E-state index is 12.7. The standard InChI is InChI=1S/C53H86O5/c1-4-7-10-13-16-19-22-25-27-29-31-34-37-40-43-46-52(54)57-50-51(49-56-48-45-42-39-36-33-30-26-23-20-17-14-11-8-5-2)58-53(55)47-44-41-38-35-32-28-24-21-18-15-12-9-6-3/h8-9,11-12,16-21,25-28,30,32,38,41,51H,4-7,10,13-15,22-24,29,31,33-37,39-40,42-50H2,1-3H3/b11-8-,12-9-,19-16-,20-17-,21-18-,27-25-,30-26-,32-28-,41-38-. The van der Waals surface area contributed by atoms with Crippen LogP contribution in [0.15, 0.2) is 109 Å². The molecule has 0 saturated heterocycles. The summed E-state index contributed by atoms with van der Waals surface area (Å²) in [6.07, 6.45) is 65.3. The van der Waals surface area contributed by atoms with Crippen LogP contribution in [0.1, 0.15) is 188 Å². The molecule has 1 atom stereocenters. The molecule has 0 bridgehead atoms. The summed E-state index contributed by atoms with van der Waals surface area (Å²) in [4.78, 5) is 25.3. The Balaban J connectivity index is 4.44. The lowest BCUT2D eigenvalue weighted by atomic mass is 10.1. The van der Waals surface area contributed by atoms with E-state index in [0.717, 1.165) is 103 Å². The maximum Gasteiger partial charge on any atom is 0.306 e. The fraction of sp³-hybridized carbons (Fsp3) is 0.623. The van der Waals surface area contributed by atoms with Crippen molar-refractivity contribution in [2.45, 2.75) is 194 Å². The van der Waals surface area contributed by atoms with Gasteiger partial charge >= 0.3 is 11.9 Å². The average molecular weight is 803 g/mol. The third kappa shape index (κ3) is 45.3. The minimum atomic E-state index is -0.597. The second kappa shape index (κ2) is 47.9. The predicted octanol–water partition coefficient (Wildman–Crippen LogP) is 15.7. The molecule has 0 aliphatic heterocycles. The zero-order valence-electron chi connectivity index (χ0n) is 37.5. The van der Waals surface area contributed by atoms with Crippen LogP contribution < -0.4 is 0 Å². The summed E-state index contributed by atoms with van der Waals surface area (Å²) in [6.45, 7) is 7.41. The van der Waals surface area contributed by atoms with Crippen molar-refractivity contribution in [2.24, 2.45) is 0 Å². The van der Waals surface area contributed by atoms with Crippen LogP contribution in [-0.4, -0.2) is 37.9 Å². The van der Waals surface area contributed by atoms with Crippen molar-refractivity contribution in [2.75, 3.05) is 19.8 Å². The van der Waals surface area contributed by atoms with E-state index >= 15 is 0 Å². The molecule has 0 spiro atoms. The van der Waals surface area contributed by atoms with Gasteiger partial charge in [0.15, 0.2) is 6.10 Å². The third-order valence-electron chi connectivity index (χ3n) is 9.29. The molecular weight excluding hydrogens is 717 g/mol. The summed E-state index contributed by atoms with van der Waals surface area (Å²) in [5.41, 5.74) is 0. The lowest BCUT2D eigenvalue weighted by Crippen LogP contribution is -2.30. The summed E-state index contributed by atoms with van der Waals surface area (Å²) >= 11 is 0. The maximum atomic E-state index is 12.7. The first kappa shape index (κ1) is 54.6. The molecule has 0 amide bonds. The lowest BCUT2D eigenvalue weighted by Gasteiger charge is -2.18. The summed E-state index contributed by atoms with van der Waals surface area (Å²) in [5, 5.41) is 0. The van der Waals surface area contributed by atoms with E-state index in [1.807, 2.05) is 6.08 Å². The number of rotatable bonds is 41. The summed E-state index contributed by atoms with van der Waals surface area (Å²) in [7, 11) is 0. The minimum absolute atomic E-state index is 0.0335. The lowest BCUT2D eigenvalue weighted by molar-refractivity contribution is -0.162.